The minimum absolute atomic E-state index is 0. The van der Waals surface area contributed by atoms with Gasteiger partial charge in [-0.15, -0.1) is 29.9 Å². The molecule has 6 aromatic carbocycles. The van der Waals surface area contributed by atoms with Gasteiger partial charge >= 0.3 is 5.97 Å². The number of phenols is 2. The average molecular weight is 835 g/mol. The van der Waals surface area contributed by atoms with E-state index >= 15 is 0 Å². The summed E-state index contributed by atoms with van der Waals surface area (Å²) in [7, 11) is -2.66. The minimum atomic E-state index is -4.36. The first-order valence-corrected chi connectivity index (χ1v) is 17.7. The number of benzene rings is 6. The third-order valence-electron chi connectivity index (χ3n) is 7.95. The van der Waals surface area contributed by atoms with E-state index in [0.29, 0.717) is 49.1 Å². The van der Waals surface area contributed by atoms with Crippen LogP contribution in [0.1, 0.15) is 15.9 Å². The molecular weight excluding hydrogens is 806 g/mol. The number of rotatable bonds is 12. The molecule has 55 heavy (non-hydrogen) atoms. The quantitative estimate of drug-likeness (QED) is 0.0188. The zero-order chi connectivity index (χ0) is 38.6. The van der Waals surface area contributed by atoms with Crippen molar-refractivity contribution in [2.75, 3.05) is 12.4 Å². The molecule has 8 N–H and O–H groups in total. The Morgan fingerprint density at radius 3 is 2.07 bits per heavy atom. The molecule has 0 aromatic heterocycles. The smallest absolute Gasteiger partial charge is 0.337 e. The Kier molecular flexibility index (Phi) is 12.8. The van der Waals surface area contributed by atoms with Gasteiger partial charge in [-0.1, -0.05) is 23.2 Å². The molecule has 6 aromatic rings. The Morgan fingerprint density at radius 2 is 1.38 bits per heavy atom. The molecule has 6 rings (SSSR count). The fourth-order valence-corrected chi connectivity index (χ4v) is 6.39. The van der Waals surface area contributed by atoms with Gasteiger partial charge in [0.1, 0.15) is 33.7 Å². The van der Waals surface area contributed by atoms with Gasteiger partial charge in [0, 0.05) is 56.9 Å². The second kappa shape index (κ2) is 17.3. The van der Waals surface area contributed by atoms with Crippen molar-refractivity contribution in [3.63, 3.8) is 0 Å². The van der Waals surface area contributed by atoms with Crippen molar-refractivity contribution in [1.82, 2.24) is 0 Å². The largest absolute Gasteiger partial charge is 0.506 e. The van der Waals surface area contributed by atoms with Crippen LogP contribution >= 0.6 is 22.9 Å². The predicted molar refractivity (Wildman–Crippen MR) is 202 cm³/mol. The normalized spacial score (nSPS) is 12.3. The second-order valence-corrected chi connectivity index (χ2v) is 13.6. The summed E-state index contributed by atoms with van der Waals surface area (Å²) in [5.41, 5.74) is 1.83. The molecular formula is C35H29CuN7O10S2. The second-order valence-electron chi connectivity index (χ2n) is 11.4. The average Bonchev–Trinajstić information content (AvgIpc) is 3.15. The maximum Gasteiger partial charge on any atom is 0.337 e. The standard InChI is InChI=1S/C35H29N7O10S2.Cu/c1-18-13-30(41-42-33-32(54(48,49)50)15-19-14-20(36-2)7-9-22(19)34(33)44)31(43)17-29(18)40-38-27-11-12-28(25-16-21(53-52-51-47)8-10-23(25)27)39-37-26-6-4-3-5-24(26)35(45)46;/h3-17,36,43-44,47-50H,1-2H3,(H,45,46);. The van der Waals surface area contributed by atoms with E-state index in [0.717, 1.165) is 12.0 Å². The van der Waals surface area contributed by atoms with Gasteiger partial charge in [-0.2, -0.15) is 5.11 Å². The Bertz CT molecular complexity index is 2520. The van der Waals surface area contributed by atoms with Gasteiger partial charge in [0.25, 0.3) is 0 Å². The molecule has 0 fully saturated rings. The number of aryl methyl sites for hydroxylation is 1. The van der Waals surface area contributed by atoms with E-state index in [1.807, 2.05) is 0 Å². The van der Waals surface area contributed by atoms with E-state index in [1.165, 1.54) is 30.3 Å². The van der Waals surface area contributed by atoms with Crippen molar-refractivity contribution in [3.8, 4) is 11.5 Å². The summed E-state index contributed by atoms with van der Waals surface area (Å²) < 4.78 is 35.0. The van der Waals surface area contributed by atoms with E-state index in [-0.39, 0.29) is 45.4 Å². The van der Waals surface area contributed by atoms with Crippen LogP contribution in [0.5, 0.6) is 11.5 Å². The molecule has 287 valence electrons. The first-order valence-electron chi connectivity index (χ1n) is 15.5. The van der Waals surface area contributed by atoms with Crippen LogP contribution in [0.15, 0.2) is 131 Å². The number of carboxylic acids is 1. The van der Waals surface area contributed by atoms with E-state index in [9.17, 15) is 33.8 Å². The molecule has 1 radical (unpaired) electrons. The first-order chi connectivity index (χ1) is 25.9. The Hall–Kier alpha value is -5.51. The zero-order valence-corrected chi connectivity index (χ0v) is 30.9. The van der Waals surface area contributed by atoms with Crippen molar-refractivity contribution < 1.29 is 65.5 Å². The number of nitrogens with zero attached hydrogens (tertiary/aromatic N) is 6. The van der Waals surface area contributed by atoms with Crippen molar-refractivity contribution in [2.24, 2.45) is 30.7 Å². The summed E-state index contributed by atoms with van der Waals surface area (Å²) in [5, 5.41) is 73.6. The van der Waals surface area contributed by atoms with Gasteiger partial charge in [-0.3, -0.25) is 0 Å². The molecule has 0 unspecified atom stereocenters. The van der Waals surface area contributed by atoms with Crippen LogP contribution in [0.3, 0.4) is 0 Å². The molecule has 0 aliphatic rings. The monoisotopic (exact) mass is 834 g/mol. The van der Waals surface area contributed by atoms with Crippen molar-refractivity contribution in [2.45, 2.75) is 16.7 Å². The molecule has 0 spiro atoms. The fraction of sp³-hybridized carbons (Fsp3) is 0.0571. The molecule has 0 saturated heterocycles. The van der Waals surface area contributed by atoms with E-state index in [2.05, 4.69) is 45.4 Å². The van der Waals surface area contributed by atoms with Gasteiger partial charge in [0.05, 0.1) is 39.6 Å². The molecule has 0 bridgehead atoms. The Labute approximate surface area is 327 Å². The number of nitrogens with one attached hydrogen (secondary N) is 1. The molecule has 0 heterocycles. The summed E-state index contributed by atoms with van der Waals surface area (Å²) in [6.45, 7) is 1.68. The molecule has 0 saturated carbocycles. The molecule has 17 nitrogen and oxygen atoms in total. The van der Waals surface area contributed by atoms with Crippen LogP contribution < -0.4 is 5.32 Å². The van der Waals surface area contributed by atoms with Gasteiger partial charge < -0.3 is 34.3 Å². The maximum atomic E-state index is 11.7. The van der Waals surface area contributed by atoms with E-state index in [1.54, 1.807) is 74.6 Å². The molecule has 0 amide bonds. The SMILES string of the molecule is CNc1ccc2c(O)c(N=Nc3cc(C)c(N=Nc4ccc(N=Nc5ccccc5C(=O)O)c5cc(SOOO)ccc45)cc3O)c(S(O)(O)O)cc2c1.[Cu]. The topological polar surface area (TPSA) is 263 Å². The Balaban J connectivity index is 0.00000580. The third-order valence-corrected chi connectivity index (χ3v) is 9.43. The molecule has 20 heteroatoms. The first kappa shape index (κ1) is 40.7. The Morgan fingerprint density at radius 1 is 0.727 bits per heavy atom. The summed E-state index contributed by atoms with van der Waals surface area (Å²) >= 11 is 0.720. The number of anilines is 1. The number of fused-ring (bicyclic) bond motifs is 2. The predicted octanol–water partition coefficient (Wildman–Crippen LogP) is 11.7. The van der Waals surface area contributed by atoms with Crippen LogP contribution in [0.4, 0.5) is 39.8 Å². The number of hydrogen-bond acceptors (Lipinski definition) is 17. The summed E-state index contributed by atoms with van der Waals surface area (Å²) in [5.74, 6) is -2.00. The molecule has 0 aliphatic carbocycles. The fourth-order valence-electron chi connectivity index (χ4n) is 5.31. The van der Waals surface area contributed by atoms with Crippen molar-refractivity contribution >= 4 is 90.2 Å². The zero-order valence-electron chi connectivity index (χ0n) is 28.3. The van der Waals surface area contributed by atoms with Gasteiger partial charge in [-0.25, -0.2) is 10.1 Å². The van der Waals surface area contributed by atoms with E-state index < -0.39 is 33.2 Å². The molecule has 0 atom stereocenters. The number of hydrogen-bond donors (Lipinski definition) is 8. The number of carbonyl (C=O) groups is 1. The van der Waals surface area contributed by atoms with Gasteiger partial charge in [-0.05, 0) is 84.6 Å². The van der Waals surface area contributed by atoms with Crippen LogP contribution in [-0.2, 0) is 26.4 Å². The summed E-state index contributed by atoms with van der Waals surface area (Å²) in [4.78, 5) is 11.7. The summed E-state index contributed by atoms with van der Waals surface area (Å²) in [6.07, 6.45) is 0. The van der Waals surface area contributed by atoms with Crippen molar-refractivity contribution in [3.05, 3.63) is 102 Å². The number of phenolic OH excluding ortho intramolecular Hbond substituents is 2. The number of carboxylic acid groups (broad SMARTS) is 1. The number of aromatic hydroxyl groups is 2. The van der Waals surface area contributed by atoms with Crippen molar-refractivity contribution in [1.29, 1.82) is 0 Å². The third kappa shape index (κ3) is 9.07. The number of azo groups is 3. The van der Waals surface area contributed by atoms with Gasteiger partial charge in [0.2, 0.25) is 0 Å². The number of aromatic carboxylic acids is 1. The van der Waals surface area contributed by atoms with Gasteiger partial charge in [0.15, 0.2) is 5.75 Å². The van der Waals surface area contributed by atoms with Crippen LogP contribution in [-0.4, -0.2) is 47.3 Å². The molecule has 0 aliphatic heterocycles. The van der Waals surface area contributed by atoms with Crippen LogP contribution in [0.25, 0.3) is 21.5 Å². The minimum Gasteiger partial charge on any atom is -0.506 e. The van der Waals surface area contributed by atoms with Crippen LogP contribution in [0, 0.1) is 6.92 Å². The maximum absolute atomic E-state index is 11.7. The van der Waals surface area contributed by atoms with Crippen LogP contribution in [0.2, 0.25) is 0 Å². The van der Waals surface area contributed by atoms with E-state index in [4.69, 9.17) is 5.26 Å². The summed E-state index contributed by atoms with van der Waals surface area (Å²) in [6, 6.07) is 23.3.